The minimum absolute atomic E-state index is 0.0253. The molecule has 3 nitrogen and oxygen atoms in total. The van der Waals surface area contributed by atoms with E-state index >= 15 is 0 Å². The topological polar surface area (TPSA) is 46.2 Å². The molecule has 86 valence electrons. The Morgan fingerprint density at radius 1 is 1.38 bits per heavy atom. The van der Waals surface area contributed by atoms with Crippen molar-refractivity contribution in [1.82, 2.24) is 0 Å². The number of carbonyl (C=O) groups is 2. The highest BCUT2D eigenvalue weighted by Crippen LogP contribution is 2.26. The summed E-state index contributed by atoms with van der Waals surface area (Å²) in [4.78, 5) is 23.1. The standard InChI is InChI=1S/C12H15NO2S/c1-4-12(15)13-10-6-5-8(2)11(7-10)16-9(3)14/h5-7H,4H2,1-3H3,(H,13,15). The first-order chi connectivity index (χ1) is 7.52. The molecule has 0 bridgehead atoms. The summed E-state index contributed by atoms with van der Waals surface area (Å²) in [6.45, 7) is 5.27. The third-order valence-electron chi connectivity index (χ3n) is 2.05. The van der Waals surface area contributed by atoms with E-state index in [2.05, 4.69) is 5.32 Å². The SMILES string of the molecule is CCC(=O)Nc1ccc(C)c(SC(C)=O)c1. The average molecular weight is 237 g/mol. The molecule has 0 atom stereocenters. The molecule has 1 N–H and O–H groups in total. The van der Waals surface area contributed by atoms with Gasteiger partial charge in [-0.05, 0) is 24.6 Å². The normalized spacial score (nSPS) is 9.94. The van der Waals surface area contributed by atoms with Crippen LogP contribution < -0.4 is 5.32 Å². The molecule has 1 amide bonds. The van der Waals surface area contributed by atoms with Gasteiger partial charge in [-0.1, -0.05) is 24.8 Å². The van der Waals surface area contributed by atoms with E-state index in [0.29, 0.717) is 6.42 Å². The Kier molecular flexibility index (Phi) is 4.55. The van der Waals surface area contributed by atoms with Crippen LogP contribution in [-0.2, 0) is 9.59 Å². The maximum absolute atomic E-state index is 11.2. The van der Waals surface area contributed by atoms with Crippen molar-refractivity contribution >= 4 is 28.5 Å². The van der Waals surface area contributed by atoms with Crippen molar-refractivity contribution in [2.45, 2.75) is 32.1 Å². The van der Waals surface area contributed by atoms with E-state index in [1.165, 1.54) is 18.7 Å². The van der Waals surface area contributed by atoms with Crippen molar-refractivity contribution in [1.29, 1.82) is 0 Å². The maximum Gasteiger partial charge on any atom is 0.224 e. The average Bonchev–Trinajstić information content (AvgIpc) is 2.22. The largest absolute Gasteiger partial charge is 0.326 e. The van der Waals surface area contributed by atoms with Crippen molar-refractivity contribution in [2.24, 2.45) is 0 Å². The number of rotatable bonds is 3. The van der Waals surface area contributed by atoms with Crippen LogP contribution in [0.1, 0.15) is 25.8 Å². The third-order valence-corrected chi connectivity index (χ3v) is 2.99. The van der Waals surface area contributed by atoms with Crippen LogP contribution >= 0.6 is 11.8 Å². The summed E-state index contributed by atoms with van der Waals surface area (Å²) in [5, 5.41) is 2.81. The van der Waals surface area contributed by atoms with Gasteiger partial charge in [0.25, 0.3) is 0 Å². The highest BCUT2D eigenvalue weighted by Gasteiger charge is 2.05. The lowest BCUT2D eigenvalue weighted by Gasteiger charge is -2.07. The van der Waals surface area contributed by atoms with E-state index in [1.807, 2.05) is 25.1 Å². The molecule has 4 heteroatoms. The van der Waals surface area contributed by atoms with Gasteiger partial charge in [0.1, 0.15) is 0 Å². The van der Waals surface area contributed by atoms with E-state index in [1.54, 1.807) is 6.92 Å². The zero-order valence-electron chi connectivity index (χ0n) is 9.66. The van der Waals surface area contributed by atoms with Gasteiger partial charge in [-0.15, -0.1) is 0 Å². The molecule has 0 fully saturated rings. The first-order valence-corrected chi connectivity index (χ1v) is 5.93. The molecule has 0 aliphatic heterocycles. The quantitative estimate of drug-likeness (QED) is 0.822. The first kappa shape index (κ1) is 12.8. The lowest BCUT2D eigenvalue weighted by molar-refractivity contribution is -0.116. The molecule has 16 heavy (non-hydrogen) atoms. The molecule has 0 unspecified atom stereocenters. The van der Waals surface area contributed by atoms with Gasteiger partial charge in [0, 0.05) is 23.9 Å². The second-order valence-corrected chi connectivity index (χ2v) is 4.69. The van der Waals surface area contributed by atoms with E-state index in [0.717, 1.165) is 16.1 Å². The number of amides is 1. The van der Waals surface area contributed by atoms with Gasteiger partial charge in [0.05, 0.1) is 0 Å². The summed E-state index contributed by atoms with van der Waals surface area (Å²) in [6.07, 6.45) is 0.447. The monoisotopic (exact) mass is 237 g/mol. The molecule has 0 aliphatic carbocycles. The smallest absolute Gasteiger partial charge is 0.224 e. The van der Waals surface area contributed by atoms with E-state index in [9.17, 15) is 9.59 Å². The van der Waals surface area contributed by atoms with Crippen LogP contribution in [-0.4, -0.2) is 11.0 Å². The van der Waals surface area contributed by atoms with Crippen LogP contribution in [0, 0.1) is 6.92 Å². The van der Waals surface area contributed by atoms with Crippen LogP contribution in [0.5, 0.6) is 0 Å². The number of anilines is 1. The summed E-state index contributed by atoms with van der Waals surface area (Å²) in [7, 11) is 0. The molecule has 0 saturated carbocycles. The Balaban J connectivity index is 2.88. The molecule has 0 spiro atoms. The second-order valence-electron chi connectivity index (χ2n) is 3.48. The number of carbonyl (C=O) groups excluding carboxylic acids is 2. The zero-order chi connectivity index (χ0) is 12.1. The molecule has 0 saturated heterocycles. The van der Waals surface area contributed by atoms with Crippen LogP contribution in [0.15, 0.2) is 23.1 Å². The number of aryl methyl sites for hydroxylation is 1. The number of hydrogen-bond acceptors (Lipinski definition) is 3. The van der Waals surface area contributed by atoms with Crippen LogP contribution in [0.2, 0.25) is 0 Å². The van der Waals surface area contributed by atoms with E-state index < -0.39 is 0 Å². The van der Waals surface area contributed by atoms with Crippen LogP contribution in [0.4, 0.5) is 5.69 Å². The molecule has 1 aromatic carbocycles. The molecule has 0 aromatic heterocycles. The Hall–Kier alpha value is -1.29. The maximum atomic E-state index is 11.2. The second kappa shape index (κ2) is 5.70. The van der Waals surface area contributed by atoms with Gasteiger partial charge < -0.3 is 5.32 Å². The lowest BCUT2D eigenvalue weighted by Crippen LogP contribution is -2.09. The summed E-state index contributed by atoms with van der Waals surface area (Å²) in [5.41, 5.74) is 1.77. The third kappa shape index (κ3) is 3.70. The van der Waals surface area contributed by atoms with Gasteiger partial charge in [-0.25, -0.2) is 0 Å². The fraction of sp³-hybridized carbons (Fsp3) is 0.333. The van der Waals surface area contributed by atoms with Gasteiger partial charge >= 0.3 is 0 Å². The highest BCUT2D eigenvalue weighted by atomic mass is 32.2. The number of nitrogens with one attached hydrogen (secondary N) is 1. The van der Waals surface area contributed by atoms with Crippen molar-refractivity contribution in [3.05, 3.63) is 23.8 Å². The molecule has 0 radical (unpaired) electrons. The first-order valence-electron chi connectivity index (χ1n) is 5.12. The van der Waals surface area contributed by atoms with E-state index in [-0.39, 0.29) is 11.0 Å². The summed E-state index contributed by atoms with van der Waals surface area (Å²) >= 11 is 1.18. The number of hydrogen-bond donors (Lipinski definition) is 1. The lowest BCUT2D eigenvalue weighted by atomic mass is 10.2. The van der Waals surface area contributed by atoms with Crippen molar-refractivity contribution in [2.75, 3.05) is 5.32 Å². The Morgan fingerprint density at radius 2 is 2.06 bits per heavy atom. The highest BCUT2D eigenvalue weighted by molar-refractivity contribution is 8.13. The van der Waals surface area contributed by atoms with Gasteiger partial charge in [0.15, 0.2) is 5.12 Å². The molecule has 1 aromatic rings. The summed E-state index contributed by atoms with van der Waals surface area (Å²) in [5.74, 6) is -0.0253. The van der Waals surface area contributed by atoms with Crippen molar-refractivity contribution in [3.63, 3.8) is 0 Å². The van der Waals surface area contributed by atoms with Crippen LogP contribution in [0.3, 0.4) is 0 Å². The Labute approximate surface area is 99.6 Å². The molecule has 0 aliphatic rings. The molecular weight excluding hydrogens is 222 g/mol. The molecule has 0 heterocycles. The van der Waals surface area contributed by atoms with Gasteiger partial charge in [-0.2, -0.15) is 0 Å². The minimum Gasteiger partial charge on any atom is -0.326 e. The summed E-state index contributed by atoms with van der Waals surface area (Å²) in [6, 6.07) is 5.57. The van der Waals surface area contributed by atoms with Gasteiger partial charge in [-0.3, -0.25) is 9.59 Å². The molecular formula is C12H15NO2S. The van der Waals surface area contributed by atoms with Crippen LogP contribution in [0.25, 0.3) is 0 Å². The Morgan fingerprint density at radius 3 is 2.62 bits per heavy atom. The predicted molar refractivity (Wildman–Crippen MR) is 66.6 cm³/mol. The summed E-state index contributed by atoms with van der Waals surface area (Å²) < 4.78 is 0. The van der Waals surface area contributed by atoms with Gasteiger partial charge in [0.2, 0.25) is 5.91 Å². The fourth-order valence-corrected chi connectivity index (χ4v) is 1.92. The molecule has 1 rings (SSSR count). The minimum atomic E-state index is -0.0253. The zero-order valence-corrected chi connectivity index (χ0v) is 10.5. The Bertz CT molecular complexity index is 415. The number of thioether (sulfide) groups is 1. The number of benzene rings is 1. The predicted octanol–water partition coefficient (Wildman–Crippen LogP) is 2.98. The van der Waals surface area contributed by atoms with Crippen molar-refractivity contribution < 1.29 is 9.59 Å². The van der Waals surface area contributed by atoms with E-state index in [4.69, 9.17) is 0 Å². The fourth-order valence-electron chi connectivity index (χ4n) is 1.19. The van der Waals surface area contributed by atoms with Crippen molar-refractivity contribution in [3.8, 4) is 0 Å².